The third-order valence-corrected chi connectivity index (χ3v) is 5.42. The van der Waals surface area contributed by atoms with Crippen molar-refractivity contribution in [2.75, 3.05) is 7.11 Å². The number of benzene rings is 2. The van der Waals surface area contributed by atoms with Crippen LogP contribution in [0.5, 0.6) is 0 Å². The Bertz CT molecular complexity index is 1460. The molecule has 0 spiro atoms. The Morgan fingerprint density at radius 3 is 2.53 bits per heavy atom. The molecule has 2 aromatic carbocycles. The summed E-state index contributed by atoms with van der Waals surface area (Å²) in [4.78, 5) is 13.1. The van der Waals surface area contributed by atoms with Gasteiger partial charge in [-0.2, -0.15) is 5.10 Å². The molecule has 5 aromatic rings. The Hall–Kier alpha value is -3.91. The van der Waals surface area contributed by atoms with E-state index >= 15 is 0 Å². The van der Waals surface area contributed by atoms with Crippen LogP contribution in [0.4, 0.5) is 4.39 Å². The van der Waals surface area contributed by atoms with Crippen LogP contribution in [0, 0.1) is 5.82 Å². The molecule has 5 rings (SSSR count). The van der Waals surface area contributed by atoms with Gasteiger partial charge in [0.2, 0.25) is 0 Å². The van der Waals surface area contributed by atoms with E-state index in [2.05, 4.69) is 15.3 Å². The lowest BCUT2D eigenvalue weighted by atomic mass is 10.1. The fraction of sp³-hybridized carbons (Fsp3) is 0.167. The second kappa shape index (κ2) is 8.32. The van der Waals surface area contributed by atoms with Crippen molar-refractivity contribution in [3.63, 3.8) is 0 Å². The van der Waals surface area contributed by atoms with Gasteiger partial charge in [-0.3, -0.25) is 4.79 Å². The quantitative estimate of drug-likeness (QED) is 0.412. The van der Waals surface area contributed by atoms with Gasteiger partial charge >= 0.3 is 0 Å². The molecule has 0 aliphatic carbocycles. The van der Waals surface area contributed by atoms with Crippen LogP contribution in [-0.2, 0) is 24.3 Å². The third kappa shape index (κ3) is 3.54. The highest BCUT2D eigenvalue weighted by molar-refractivity contribution is 5.84. The Labute approximate surface area is 182 Å². The summed E-state index contributed by atoms with van der Waals surface area (Å²) in [5, 5.41) is 13.2. The number of halogens is 1. The van der Waals surface area contributed by atoms with Crippen LogP contribution in [-0.4, -0.2) is 31.5 Å². The fourth-order valence-electron chi connectivity index (χ4n) is 3.85. The standard InChI is InChI=1S/C24H20FN5O2/c1-32-15-19-21(17-7-9-18(25)10-8-17)23-27-26-22-20(30(23)28-19)12-14-29(24(22)31)13-11-16-5-3-2-4-6-16/h2-10,12,14H,11,13,15H2,1H3. The lowest BCUT2D eigenvalue weighted by Gasteiger charge is -2.07. The topological polar surface area (TPSA) is 74.3 Å². The normalized spacial score (nSPS) is 11.4. The van der Waals surface area contributed by atoms with Gasteiger partial charge in [-0.1, -0.05) is 42.5 Å². The molecule has 0 saturated carbocycles. The monoisotopic (exact) mass is 429 g/mol. The molecule has 0 aliphatic rings. The van der Waals surface area contributed by atoms with Gasteiger partial charge in [0.15, 0.2) is 11.2 Å². The summed E-state index contributed by atoms with van der Waals surface area (Å²) in [5.74, 6) is -0.328. The molecule has 160 valence electrons. The zero-order valence-electron chi connectivity index (χ0n) is 17.4. The molecule has 0 unspecified atom stereocenters. The van der Waals surface area contributed by atoms with Gasteiger partial charge in [0.25, 0.3) is 5.56 Å². The van der Waals surface area contributed by atoms with E-state index in [1.165, 1.54) is 12.1 Å². The summed E-state index contributed by atoms with van der Waals surface area (Å²) < 4.78 is 22.0. The summed E-state index contributed by atoms with van der Waals surface area (Å²) in [7, 11) is 1.58. The number of fused-ring (bicyclic) bond motifs is 3. The highest BCUT2D eigenvalue weighted by atomic mass is 19.1. The van der Waals surface area contributed by atoms with Gasteiger partial charge in [0.05, 0.1) is 17.9 Å². The minimum atomic E-state index is -0.328. The minimum absolute atomic E-state index is 0.222. The molecule has 0 atom stereocenters. The van der Waals surface area contributed by atoms with Gasteiger partial charge < -0.3 is 9.30 Å². The van der Waals surface area contributed by atoms with Gasteiger partial charge in [-0.25, -0.2) is 8.91 Å². The summed E-state index contributed by atoms with van der Waals surface area (Å²) in [5.41, 5.74) is 4.30. The van der Waals surface area contributed by atoms with E-state index in [0.29, 0.717) is 29.0 Å². The smallest absolute Gasteiger partial charge is 0.280 e. The zero-order valence-corrected chi connectivity index (χ0v) is 17.4. The number of pyridine rings is 1. The molecule has 8 heteroatoms. The number of hydrogen-bond donors (Lipinski definition) is 0. The highest BCUT2D eigenvalue weighted by Crippen LogP contribution is 2.29. The van der Waals surface area contributed by atoms with Crippen molar-refractivity contribution in [2.45, 2.75) is 19.6 Å². The van der Waals surface area contributed by atoms with Gasteiger partial charge in [0, 0.05) is 19.9 Å². The molecule has 0 fully saturated rings. The Morgan fingerprint density at radius 1 is 1.00 bits per heavy atom. The first-order chi connectivity index (χ1) is 15.7. The minimum Gasteiger partial charge on any atom is -0.378 e. The van der Waals surface area contributed by atoms with Crippen molar-refractivity contribution in [1.29, 1.82) is 0 Å². The number of rotatable bonds is 6. The first kappa shape index (κ1) is 20.0. The van der Waals surface area contributed by atoms with Gasteiger partial charge in [-0.05, 0) is 35.7 Å². The molecule has 0 N–H and O–H groups in total. The van der Waals surface area contributed by atoms with Crippen LogP contribution < -0.4 is 5.56 Å². The van der Waals surface area contributed by atoms with Gasteiger partial charge in [-0.15, -0.1) is 10.2 Å². The molecule has 0 bridgehead atoms. The molecule has 0 aliphatic heterocycles. The molecular formula is C24H20FN5O2. The van der Waals surface area contributed by atoms with E-state index < -0.39 is 0 Å². The number of aryl methyl sites for hydroxylation is 2. The highest BCUT2D eigenvalue weighted by Gasteiger charge is 2.19. The van der Waals surface area contributed by atoms with Crippen LogP contribution >= 0.6 is 0 Å². The van der Waals surface area contributed by atoms with Gasteiger partial charge in [0.1, 0.15) is 11.3 Å². The second-order valence-corrected chi connectivity index (χ2v) is 7.48. The Balaban J connectivity index is 1.61. The lowest BCUT2D eigenvalue weighted by Crippen LogP contribution is -2.22. The molecule has 32 heavy (non-hydrogen) atoms. The fourth-order valence-corrected chi connectivity index (χ4v) is 3.85. The van der Waals surface area contributed by atoms with Crippen LogP contribution in [0.1, 0.15) is 11.3 Å². The van der Waals surface area contributed by atoms with Crippen LogP contribution in [0.15, 0.2) is 71.7 Å². The Kier molecular flexibility index (Phi) is 5.20. The maximum Gasteiger partial charge on any atom is 0.280 e. The maximum absolute atomic E-state index is 13.4. The summed E-state index contributed by atoms with van der Waals surface area (Å²) in [6.07, 6.45) is 2.49. The Morgan fingerprint density at radius 2 is 1.78 bits per heavy atom. The molecule has 0 saturated heterocycles. The van der Waals surface area contributed by atoms with Crippen LogP contribution in [0.2, 0.25) is 0 Å². The predicted molar refractivity (Wildman–Crippen MR) is 119 cm³/mol. The van der Waals surface area contributed by atoms with Crippen molar-refractivity contribution in [2.24, 2.45) is 0 Å². The van der Waals surface area contributed by atoms with Crippen molar-refractivity contribution in [3.05, 3.63) is 94.3 Å². The number of aromatic nitrogens is 5. The molecule has 3 aromatic heterocycles. The molecule has 0 amide bonds. The van der Waals surface area contributed by atoms with E-state index in [9.17, 15) is 9.18 Å². The van der Waals surface area contributed by atoms with Crippen LogP contribution in [0.3, 0.4) is 0 Å². The number of methoxy groups -OCH3 is 1. The molecular weight excluding hydrogens is 409 g/mol. The van der Waals surface area contributed by atoms with E-state index in [4.69, 9.17) is 4.74 Å². The molecule has 0 radical (unpaired) electrons. The number of nitrogens with zero attached hydrogens (tertiary/aromatic N) is 5. The average molecular weight is 429 g/mol. The average Bonchev–Trinajstić information content (AvgIpc) is 3.18. The van der Waals surface area contributed by atoms with E-state index in [1.807, 2.05) is 36.4 Å². The third-order valence-electron chi connectivity index (χ3n) is 5.42. The van der Waals surface area contributed by atoms with Crippen molar-refractivity contribution in [1.82, 2.24) is 24.4 Å². The number of ether oxygens (including phenoxy) is 1. The van der Waals surface area contributed by atoms with Crippen molar-refractivity contribution < 1.29 is 9.13 Å². The molecule has 7 nitrogen and oxygen atoms in total. The number of hydrogen-bond acceptors (Lipinski definition) is 5. The molecule has 3 heterocycles. The first-order valence-corrected chi connectivity index (χ1v) is 10.2. The van der Waals surface area contributed by atoms with E-state index in [1.54, 1.807) is 34.5 Å². The lowest BCUT2D eigenvalue weighted by molar-refractivity contribution is 0.181. The maximum atomic E-state index is 13.4. The van der Waals surface area contributed by atoms with Crippen LogP contribution in [0.25, 0.3) is 27.8 Å². The predicted octanol–water partition coefficient (Wildman–Crippen LogP) is 3.63. The second-order valence-electron chi connectivity index (χ2n) is 7.48. The SMILES string of the molecule is COCc1nn2c(nnc3c(=O)n(CCc4ccccc4)ccc32)c1-c1ccc(F)cc1. The summed E-state index contributed by atoms with van der Waals surface area (Å²) in [6.45, 7) is 0.777. The largest absolute Gasteiger partial charge is 0.378 e. The summed E-state index contributed by atoms with van der Waals surface area (Å²) >= 11 is 0. The zero-order chi connectivity index (χ0) is 22.1. The van der Waals surface area contributed by atoms with E-state index in [-0.39, 0.29) is 23.5 Å². The first-order valence-electron chi connectivity index (χ1n) is 10.2. The summed E-state index contributed by atoms with van der Waals surface area (Å²) in [6, 6.07) is 17.9. The van der Waals surface area contributed by atoms with Crippen molar-refractivity contribution >= 4 is 16.7 Å². The van der Waals surface area contributed by atoms with E-state index in [0.717, 1.165) is 17.5 Å². The van der Waals surface area contributed by atoms with Crippen molar-refractivity contribution in [3.8, 4) is 11.1 Å².